The maximum Gasteiger partial charge on any atom is 0.227 e. The Morgan fingerprint density at radius 1 is 0.947 bits per heavy atom. The monoisotopic (exact) mass is 252 g/mol. The van der Waals surface area contributed by atoms with E-state index in [0.29, 0.717) is 23.1 Å². The van der Waals surface area contributed by atoms with E-state index in [9.17, 15) is 15.0 Å². The van der Waals surface area contributed by atoms with Gasteiger partial charge in [0.15, 0.2) is 5.76 Å². The van der Waals surface area contributed by atoms with Crippen LogP contribution in [0, 0.1) is 0 Å². The minimum absolute atomic E-state index is 0.115. The van der Waals surface area contributed by atoms with E-state index in [4.69, 9.17) is 0 Å². The smallest absolute Gasteiger partial charge is 0.227 e. The highest BCUT2D eigenvalue weighted by atomic mass is 16.3. The molecule has 0 saturated carbocycles. The van der Waals surface area contributed by atoms with Crippen LogP contribution in [0.15, 0.2) is 54.3 Å². The summed E-state index contributed by atoms with van der Waals surface area (Å²) in [5.74, 6) is -0.478. The van der Waals surface area contributed by atoms with Gasteiger partial charge in [0, 0.05) is 17.6 Å². The molecule has 0 bridgehead atoms. The van der Waals surface area contributed by atoms with Gasteiger partial charge in [0.2, 0.25) is 5.78 Å². The van der Waals surface area contributed by atoms with Gasteiger partial charge in [-0.15, -0.1) is 0 Å². The Kier molecular flexibility index (Phi) is 2.60. The van der Waals surface area contributed by atoms with Gasteiger partial charge in [0.25, 0.3) is 0 Å². The van der Waals surface area contributed by atoms with Gasteiger partial charge in [-0.1, -0.05) is 36.4 Å². The molecule has 0 radical (unpaired) electrons. The molecule has 2 aromatic rings. The van der Waals surface area contributed by atoms with Gasteiger partial charge in [0.1, 0.15) is 5.75 Å². The van der Waals surface area contributed by atoms with Gasteiger partial charge in [-0.05, 0) is 23.3 Å². The van der Waals surface area contributed by atoms with Gasteiger partial charge in [-0.3, -0.25) is 4.79 Å². The SMILES string of the molecule is O=C1C(O)=C(c2cccc(O)c2)Cc2ccccc21. The number of Topliss-reactive ketones (excluding diaryl/α,β-unsaturated/α-hetero) is 1. The largest absolute Gasteiger partial charge is 0.508 e. The lowest BCUT2D eigenvalue weighted by molar-refractivity contribution is 0.0975. The summed E-state index contributed by atoms with van der Waals surface area (Å²) in [6.45, 7) is 0. The third-order valence-electron chi connectivity index (χ3n) is 3.32. The number of aliphatic hydroxyl groups excluding tert-OH is 1. The Morgan fingerprint density at radius 3 is 2.53 bits per heavy atom. The van der Waals surface area contributed by atoms with E-state index < -0.39 is 0 Å². The van der Waals surface area contributed by atoms with Crippen molar-refractivity contribution in [2.45, 2.75) is 6.42 Å². The van der Waals surface area contributed by atoms with Crippen molar-refractivity contribution in [1.29, 1.82) is 0 Å². The van der Waals surface area contributed by atoms with Crippen LogP contribution in [-0.4, -0.2) is 16.0 Å². The first-order valence-electron chi connectivity index (χ1n) is 6.01. The maximum absolute atomic E-state index is 12.1. The van der Waals surface area contributed by atoms with Gasteiger partial charge in [-0.2, -0.15) is 0 Å². The Labute approximate surface area is 110 Å². The summed E-state index contributed by atoms with van der Waals surface area (Å²) < 4.78 is 0. The fraction of sp³-hybridized carbons (Fsp3) is 0.0625. The van der Waals surface area contributed by atoms with Crippen LogP contribution in [0.25, 0.3) is 5.57 Å². The zero-order chi connectivity index (χ0) is 13.4. The summed E-state index contributed by atoms with van der Waals surface area (Å²) >= 11 is 0. The first-order chi connectivity index (χ1) is 9.16. The second-order valence-corrected chi connectivity index (χ2v) is 4.54. The Bertz CT molecular complexity index is 699. The highest BCUT2D eigenvalue weighted by Crippen LogP contribution is 2.32. The molecule has 0 fully saturated rings. The van der Waals surface area contributed by atoms with E-state index in [1.54, 1.807) is 36.4 Å². The van der Waals surface area contributed by atoms with Crippen LogP contribution in [0.5, 0.6) is 5.75 Å². The third kappa shape index (κ3) is 1.89. The Morgan fingerprint density at radius 2 is 1.74 bits per heavy atom. The number of phenols is 1. The lowest BCUT2D eigenvalue weighted by Crippen LogP contribution is -2.15. The molecule has 0 heterocycles. The van der Waals surface area contributed by atoms with Crippen molar-refractivity contribution in [3.05, 3.63) is 71.0 Å². The standard InChI is InChI=1S/C16H12O3/c17-12-6-3-5-10(8-12)14-9-11-4-1-2-7-13(11)15(18)16(14)19/h1-8,17,19H,9H2. The molecule has 0 saturated heterocycles. The molecule has 3 rings (SSSR count). The van der Waals surface area contributed by atoms with Crippen LogP contribution >= 0.6 is 0 Å². The summed E-state index contributed by atoms with van der Waals surface area (Å²) in [5.41, 5.74) is 2.66. The molecular weight excluding hydrogens is 240 g/mol. The van der Waals surface area contributed by atoms with E-state index in [2.05, 4.69) is 0 Å². The highest BCUT2D eigenvalue weighted by Gasteiger charge is 2.25. The van der Waals surface area contributed by atoms with Crippen molar-refractivity contribution < 1.29 is 15.0 Å². The Balaban J connectivity index is 2.14. The Hall–Kier alpha value is -2.55. The molecule has 0 spiro atoms. The molecule has 0 aromatic heterocycles. The number of carbonyl (C=O) groups is 1. The van der Waals surface area contributed by atoms with Crippen LogP contribution in [0.2, 0.25) is 0 Å². The zero-order valence-corrected chi connectivity index (χ0v) is 10.1. The summed E-state index contributed by atoms with van der Waals surface area (Å²) in [5, 5.41) is 19.6. The molecule has 1 aliphatic rings. The van der Waals surface area contributed by atoms with Crippen molar-refractivity contribution >= 4 is 11.4 Å². The van der Waals surface area contributed by atoms with Crippen LogP contribution in [0.3, 0.4) is 0 Å². The molecule has 0 atom stereocenters. The van der Waals surface area contributed by atoms with Crippen LogP contribution in [0.1, 0.15) is 21.5 Å². The van der Waals surface area contributed by atoms with E-state index in [0.717, 1.165) is 5.56 Å². The van der Waals surface area contributed by atoms with Crippen molar-refractivity contribution in [3.63, 3.8) is 0 Å². The fourth-order valence-corrected chi connectivity index (χ4v) is 2.37. The molecule has 1 aliphatic carbocycles. The summed E-state index contributed by atoms with van der Waals surface area (Å²) in [7, 11) is 0. The first kappa shape index (κ1) is 11.5. The third-order valence-corrected chi connectivity index (χ3v) is 3.32. The average Bonchev–Trinajstić information content (AvgIpc) is 2.43. The van der Waals surface area contributed by atoms with Gasteiger partial charge in [0.05, 0.1) is 0 Å². The van der Waals surface area contributed by atoms with Crippen molar-refractivity contribution in [1.82, 2.24) is 0 Å². The quantitative estimate of drug-likeness (QED) is 0.819. The van der Waals surface area contributed by atoms with Gasteiger partial charge < -0.3 is 10.2 Å². The minimum Gasteiger partial charge on any atom is -0.508 e. The molecule has 2 aromatic carbocycles. The van der Waals surface area contributed by atoms with Crippen LogP contribution in [-0.2, 0) is 6.42 Å². The fourth-order valence-electron chi connectivity index (χ4n) is 2.37. The number of allylic oxidation sites excluding steroid dienone is 2. The number of carbonyl (C=O) groups excluding carboxylic acids is 1. The number of hydrogen-bond donors (Lipinski definition) is 2. The second kappa shape index (κ2) is 4.28. The topological polar surface area (TPSA) is 57.5 Å². The van der Waals surface area contributed by atoms with E-state index in [1.807, 2.05) is 12.1 Å². The molecular formula is C16H12O3. The number of fused-ring (bicyclic) bond motifs is 1. The molecule has 19 heavy (non-hydrogen) atoms. The number of phenolic OH excluding ortho intramolecular Hbond substituents is 1. The van der Waals surface area contributed by atoms with Gasteiger partial charge in [-0.25, -0.2) is 0 Å². The molecule has 0 aliphatic heterocycles. The number of aromatic hydroxyl groups is 1. The average molecular weight is 252 g/mol. The normalized spacial score (nSPS) is 14.4. The van der Waals surface area contributed by atoms with Crippen molar-refractivity contribution in [2.24, 2.45) is 0 Å². The van der Waals surface area contributed by atoms with Crippen LogP contribution in [0.4, 0.5) is 0 Å². The summed E-state index contributed by atoms with van der Waals surface area (Å²) in [6.07, 6.45) is 0.483. The number of aliphatic hydroxyl groups is 1. The number of ketones is 1. The highest BCUT2D eigenvalue weighted by molar-refractivity contribution is 6.14. The maximum atomic E-state index is 12.1. The molecule has 0 amide bonds. The van der Waals surface area contributed by atoms with Crippen molar-refractivity contribution in [3.8, 4) is 5.75 Å². The zero-order valence-electron chi connectivity index (χ0n) is 10.1. The van der Waals surface area contributed by atoms with Crippen molar-refractivity contribution in [2.75, 3.05) is 0 Å². The molecule has 94 valence electrons. The van der Waals surface area contributed by atoms with E-state index in [1.165, 1.54) is 0 Å². The second-order valence-electron chi connectivity index (χ2n) is 4.54. The van der Waals surface area contributed by atoms with E-state index >= 15 is 0 Å². The summed E-state index contributed by atoms with van der Waals surface area (Å²) in [6, 6.07) is 13.8. The lowest BCUT2D eigenvalue weighted by atomic mass is 9.86. The van der Waals surface area contributed by atoms with Crippen LogP contribution < -0.4 is 0 Å². The number of benzene rings is 2. The first-order valence-corrected chi connectivity index (χ1v) is 6.01. The predicted molar refractivity (Wildman–Crippen MR) is 72.1 cm³/mol. The molecule has 3 heteroatoms. The van der Waals surface area contributed by atoms with Gasteiger partial charge >= 0.3 is 0 Å². The molecule has 2 N–H and O–H groups in total. The summed E-state index contributed by atoms with van der Waals surface area (Å²) in [4.78, 5) is 12.1. The number of rotatable bonds is 1. The number of hydrogen-bond acceptors (Lipinski definition) is 3. The molecule has 0 unspecified atom stereocenters. The predicted octanol–water partition coefficient (Wildman–Crippen LogP) is 3.10. The molecule has 3 nitrogen and oxygen atoms in total. The van der Waals surface area contributed by atoms with E-state index in [-0.39, 0.29) is 17.3 Å². The minimum atomic E-state index is -0.361. The lowest BCUT2D eigenvalue weighted by Gasteiger charge is -2.18.